The molecular formula is C31H42N4O4S2. The number of nitrogens with zero attached hydrogens (tertiary/aromatic N) is 4. The van der Waals surface area contributed by atoms with E-state index in [9.17, 15) is 13.2 Å². The second-order valence-electron chi connectivity index (χ2n) is 11.7. The van der Waals surface area contributed by atoms with Gasteiger partial charge < -0.3 is 19.1 Å². The number of amides is 1. The van der Waals surface area contributed by atoms with Gasteiger partial charge in [0, 0.05) is 48.5 Å². The molecule has 222 valence electrons. The van der Waals surface area contributed by atoms with Crippen LogP contribution in [-0.4, -0.2) is 79.4 Å². The van der Waals surface area contributed by atoms with Crippen LogP contribution in [0.5, 0.6) is 0 Å². The smallest absolute Gasteiger partial charge is 0.249 e. The van der Waals surface area contributed by atoms with Crippen molar-refractivity contribution in [2.75, 3.05) is 40.4 Å². The Morgan fingerprint density at radius 2 is 1.80 bits per heavy atom. The summed E-state index contributed by atoms with van der Waals surface area (Å²) in [6.07, 6.45) is 2.49. The number of benzene rings is 1. The summed E-state index contributed by atoms with van der Waals surface area (Å²) in [4.78, 5) is 19.2. The summed E-state index contributed by atoms with van der Waals surface area (Å²) in [6, 6.07) is 11.8. The molecule has 10 heteroatoms. The van der Waals surface area contributed by atoms with Crippen molar-refractivity contribution < 1.29 is 17.9 Å². The molecular weight excluding hydrogens is 556 g/mol. The number of sulfonamides is 1. The Kier molecular flexibility index (Phi) is 9.06. The maximum Gasteiger partial charge on any atom is 0.249 e. The third kappa shape index (κ3) is 6.17. The molecule has 1 amide bonds. The number of fused-ring (bicyclic) bond motifs is 1. The molecule has 2 aromatic heterocycles. The summed E-state index contributed by atoms with van der Waals surface area (Å²) in [5.41, 5.74) is 4.96. The molecule has 0 aliphatic carbocycles. The summed E-state index contributed by atoms with van der Waals surface area (Å²) in [6.45, 7) is 8.50. The molecule has 2 atom stereocenters. The molecule has 5 rings (SSSR count). The number of thiophene rings is 1. The number of carbonyl (C=O) groups is 1. The van der Waals surface area contributed by atoms with E-state index < -0.39 is 10.0 Å². The van der Waals surface area contributed by atoms with Crippen molar-refractivity contribution in [1.82, 2.24) is 18.7 Å². The molecule has 4 heterocycles. The summed E-state index contributed by atoms with van der Waals surface area (Å²) in [7, 11) is 0.442. The van der Waals surface area contributed by atoms with Crippen LogP contribution in [0.2, 0.25) is 0 Å². The largest absolute Gasteiger partial charge is 0.370 e. The third-order valence-electron chi connectivity index (χ3n) is 8.15. The first-order valence-corrected chi connectivity index (χ1v) is 16.7. The fourth-order valence-corrected chi connectivity index (χ4v) is 9.47. The van der Waals surface area contributed by atoms with Gasteiger partial charge in [0.1, 0.15) is 12.6 Å². The minimum atomic E-state index is -3.69. The number of hydrogen-bond acceptors (Lipinski definition) is 6. The van der Waals surface area contributed by atoms with Crippen molar-refractivity contribution in [2.24, 2.45) is 0 Å². The van der Waals surface area contributed by atoms with Crippen LogP contribution >= 0.6 is 11.3 Å². The van der Waals surface area contributed by atoms with Crippen molar-refractivity contribution in [2.45, 2.75) is 70.1 Å². The van der Waals surface area contributed by atoms with Gasteiger partial charge in [0.15, 0.2) is 0 Å². The van der Waals surface area contributed by atoms with Crippen molar-refractivity contribution in [1.29, 1.82) is 0 Å². The molecule has 0 bridgehead atoms. The normalized spacial score (nSPS) is 20.0. The summed E-state index contributed by atoms with van der Waals surface area (Å²) >= 11 is 1.66. The average molecular weight is 599 g/mol. The highest BCUT2D eigenvalue weighted by Gasteiger charge is 2.37. The van der Waals surface area contributed by atoms with Crippen LogP contribution in [0.15, 0.2) is 46.7 Å². The van der Waals surface area contributed by atoms with Crippen LogP contribution in [0, 0.1) is 20.8 Å². The number of piperidine rings is 1. The predicted octanol–water partition coefficient (Wildman–Crippen LogP) is 4.73. The molecule has 0 spiro atoms. The van der Waals surface area contributed by atoms with Crippen LogP contribution in [0.3, 0.4) is 0 Å². The van der Waals surface area contributed by atoms with Gasteiger partial charge in [-0.3, -0.25) is 4.79 Å². The van der Waals surface area contributed by atoms with Gasteiger partial charge in [0.2, 0.25) is 15.9 Å². The van der Waals surface area contributed by atoms with E-state index in [0.29, 0.717) is 18.0 Å². The van der Waals surface area contributed by atoms with E-state index in [-0.39, 0.29) is 31.2 Å². The lowest BCUT2D eigenvalue weighted by atomic mass is 10.1. The fraction of sp³-hybridized carbons (Fsp3) is 0.516. The SMILES string of the molecule is Cc1cc(C)c(S(=O)(=O)N2CCCCC2COCC(=O)N2CCn3c(CN(C)C)ccc3C2c2cccs2)c(C)c1. The van der Waals surface area contributed by atoms with E-state index in [2.05, 4.69) is 41.8 Å². The minimum Gasteiger partial charge on any atom is -0.370 e. The fourth-order valence-electron chi connectivity index (χ4n) is 6.53. The van der Waals surface area contributed by atoms with Gasteiger partial charge in [-0.05, 0) is 82.4 Å². The topological polar surface area (TPSA) is 75.1 Å². The van der Waals surface area contributed by atoms with Crippen molar-refractivity contribution in [3.8, 4) is 0 Å². The van der Waals surface area contributed by atoms with E-state index in [0.717, 1.165) is 59.6 Å². The van der Waals surface area contributed by atoms with Gasteiger partial charge in [-0.1, -0.05) is 30.2 Å². The Bertz CT molecular complexity index is 1460. The maximum atomic E-state index is 13.8. The Morgan fingerprint density at radius 3 is 2.49 bits per heavy atom. The molecule has 1 fully saturated rings. The minimum absolute atomic E-state index is 0.0690. The lowest BCUT2D eigenvalue weighted by molar-refractivity contribution is -0.139. The second kappa shape index (κ2) is 12.4. The zero-order valence-electron chi connectivity index (χ0n) is 24.8. The maximum absolute atomic E-state index is 13.8. The van der Waals surface area contributed by atoms with E-state index in [1.165, 1.54) is 5.69 Å². The third-order valence-corrected chi connectivity index (χ3v) is 11.3. The van der Waals surface area contributed by atoms with Crippen LogP contribution in [0.25, 0.3) is 0 Å². The van der Waals surface area contributed by atoms with Crippen LogP contribution < -0.4 is 0 Å². The lowest BCUT2D eigenvalue weighted by Gasteiger charge is -2.38. The summed E-state index contributed by atoms with van der Waals surface area (Å²) in [5, 5.41) is 2.05. The molecule has 1 aromatic carbocycles. The zero-order chi connectivity index (χ0) is 29.3. The van der Waals surface area contributed by atoms with E-state index in [1.807, 2.05) is 49.3 Å². The number of ether oxygens (including phenoxy) is 1. The first-order chi connectivity index (χ1) is 19.6. The highest BCUT2D eigenvalue weighted by atomic mass is 32.2. The lowest BCUT2D eigenvalue weighted by Crippen LogP contribution is -2.47. The average Bonchev–Trinajstić information content (AvgIpc) is 3.58. The molecule has 41 heavy (non-hydrogen) atoms. The summed E-state index contributed by atoms with van der Waals surface area (Å²) < 4.78 is 37.7. The number of hydrogen-bond donors (Lipinski definition) is 0. The summed E-state index contributed by atoms with van der Waals surface area (Å²) in [5.74, 6) is -0.0690. The highest BCUT2D eigenvalue weighted by Crippen LogP contribution is 2.36. The van der Waals surface area contributed by atoms with E-state index in [4.69, 9.17) is 4.74 Å². The molecule has 0 saturated carbocycles. The molecule has 3 aromatic rings. The van der Waals surface area contributed by atoms with Gasteiger partial charge >= 0.3 is 0 Å². The highest BCUT2D eigenvalue weighted by molar-refractivity contribution is 7.89. The molecule has 0 radical (unpaired) electrons. The number of aryl methyl sites for hydroxylation is 3. The quantitative estimate of drug-likeness (QED) is 0.356. The Hall–Kier alpha value is -2.50. The number of carbonyl (C=O) groups excluding carboxylic acids is 1. The van der Waals surface area contributed by atoms with Gasteiger partial charge in [-0.15, -0.1) is 11.3 Å². The Morgan fingerprint density at radius 1 is 1.05 bits per heavy atom. The van der Waals surface area contributed by atoms with Crippen molar-refractivity contribution in [3.63, 3.8) is 0 Å². The van der Waals surface area contributed by atoms with Crippen LogP contribution in [0.1, 0.15) is 58.3 Å². The number of rotatable bonds is 9. The molecule has 2 aliphatic rings. The molecule has 2 unspecified atom stereocenters. The van der Waals surface area contributed by atoms with Gasteiger partial charge in [0.05, 0.1) is 11.5 Å². The van der Waals surface area contributed by atoms with E-state index >= 15 is 0 Å². The monoisotopic (exact) mass is 598 g/mol. The standard InChI is InChI=1S/C31H42N4O4S2/c1-22-17-23(2)31(24(3)18-22)41(37,38)35-13-7-6-9-26(35)20-39-21-29(36)34-15-14-33-25(19-32(4)5)11-12-27(33)30(34)28-10-8-16-40-28/h8,10-12,16-18,26,30H,6-7,9,13-15,19-21H2,1-5H3. The first-order valence-electron chi connectivity index (χ1n) is 14.4. The zero-order valence-corrected chi connectivity index (χ0v) is 26.4. The van der Waals surface area contributed by atoms with Crippen molar-refractivity contribution in [3.05, 3.63) is 74.7 Å². The molecule has 0 N–H and O–H groups in total. The van der Waals surface area contributed by atoms with Crippen molar-refractivity contribution >= 4 is 27.3 Å². The number of aromatic nitrogens is 1. The molecule has 8 nitrogen and oxygen atoms in total. The molecule has 2 aliphatic heterocycles. The van der Waals surface area contributed by atoms with Crippen LogP contribution in [-0.2, 0) is 32.6 Å². The van der Waals surface area contributed by atoms with Gasteiger partial charge in [-0.25, -0.2) is 8.42 Å². The van der Waals surface area contributed by atoms with E-state index in [1.54, 1.807) is 15.6 Å². The van der Waals surface area contributed by atoms with Gasteiger partial charge in [-0.2, -0.15) is 4.31 Å². The van der Waals surface area contributed by atoms with Gasteiger partial charge in [0.25, 0.3) is 0 Å². The second-order valence-corrected chi connectivity index (χ2v) is 14.5. The Balaban J connectivity index is 1.30. The first kappa shape index (κ1) is 30.0. The molecule has 1 saturated heterocycles. The van der Waals surface area contributed by atoms with Crippen LogP contribution in [0.4, 0.5) is 0 Å². The Labute approximate surface area is 248 Å². The predicted molar refractivity (Wildman–Crippen MR) is 163 cm³/mol.